The molecule has 0 radical (unpaired) electrons. The Morgan fingerprint density at radius 3 is 3.09 bits per heavy atom. The zero-order valence-electron chi connectivity index (χ0n) is 7.40. The first-order valence-corrected chi connectivity index (χ1v) is 4.68. The molecule has 1 atom stereocenters. The highest BCUT2D eigenvalue weighted by atomic mass is 15.2. The predicted molar refractivity (Wildman–Crippen MR) is 47.6 cm³/mol. The molecule has 1 heteroatoms. The fraction of sp³-hybridized carbons (Fsp3) is 0.800. The Labute approximate surface area is 69.1 Å². The van der Waals surface area contributed by atoms with Crippen LogP contribution in [0.4, 0.5) is 0 Å². The Morgan fingerprint density at radius 2 is 2.45 bits per heavy atom. The van der Waals surface area contributed by atoms with E-state index in [4.69, 9.17) is 0 Å². The summed E-state index contributed by atoms with van der Waals surface area (Å²) in [7, 11) is 0. The minimum atomic E-state index is 0.553. The second-order valence-electron chi connectivity index (χ2n) is 4.03. The first kappa shape index (κ1) is 7.35. The second kappa shape index (κ2) is 2.34. The third-order valence-electron chi connectivity index (χ3n) is 3.39. The van der Waals surface area contributed by atoms with Gasteiger partial charge in [0.1, 0.15) is 0 Å². The minimum Gasteiger partial charge on any atom is -0.293 e. The highest BCUT2D eigenvalue weighted by Crippen LogP contribution is 2.42. The highest BCUT2D eigenvalue weighted by molar-refractivity contribution is 5.16. The zero-order valence-corrected chi connectivity index (χ0v) is 7.40. The van der Waals surface area contributed by atoms with Crippen LogP contribution in [-0.4, -0.2) is 23.5 Å². The molecule has 0 amide bonds. The summed E-state index contributed by atoms with van der Waals surface area (Å²) in [5.41, 5.74) is 2.00. The molecule has 2 fully saturated rings. The maximum absolute atomic E-state index is 4.09. The third kappa shape index (κ3) is 0.943. The maximum atomic E-state index is 4.09. The molecule has 62 valence electrons. The lowest BCUT2D eigenvalue weighted by Gasteiger charge is -2.29. The summed E-state index contributed by atoms with van der Waals surface area (Å²) >= 11 is 0. The van der Waals surface area contributed by atoms with Crippen molar-refractivity contribution in [3.63, 3.8) is 0 Å². The standard InChI is InChI=1S/C10H17N/c1-3-10-5-4-6-11(10)8-9(2)7-10/h2-8H2,1H3/t10-/m1/s1. The van der Waals surface area contributed by atoms with E-state index in [1.807, 2.05) is 0 Å². The number of rotatable bonds is 1. The quantitative estimate of drug-likeness (QED) is 0.519. The molecule has 1 nitrogen and oxygen atoms in total. The molecular formula is C10H17N. The number of hydrogen-bond donors (Lipinski definition) is 0. The molecule has 0 aromatic rings. The van der Waals surface area contributed by atoms with Crippen molar-refractivity contribution in [3.05, 3.63) is 12.2 Å². The monoisotopic (exact) mass is 151 g/mol. The van der Waals surface area contributed by atoms with E-state index < -0.39 is 0 Å². The lowest BCUT2D eigenvalue weighted by Crippen LogP contribution is -2.37. The van der Waals surface area contributed by atoms with Crippen LogP contribution in [-0.2, 0) is 0 Å². The van der Waals surface area contributed by atoms with Crippen molar-refractivity contribution in [2.45, 2.75) is 38.1 Å². The van der Waals surface area contributed by atoms with Crippen LogP contribution in [0.25, 0.3) is 0 Å². The molecule has 0 aliphatic carbocycles. The zero-order chi connectivity index (χ0) is 7.90. The molecule has 2 heterocycles. The molecule has 2 aliphatic heterocycles. The van der Waals surface area contributed by atoms with Crippen LogP contribution in [0.2, 0.25) is 0 Å². The van der Waals surface area contributed by atoms with Gasteiger partial charge in [-0.05, 0) is 32.2 Å². The lowest BCUT2D eigenvalue weighted by molar-refractivity contribution is 0.189. The molecule has 0 aromatic heterocycles. The van der Waals surface area contributed by atoms with E-state index in [0.29, 0.717) is 5.54 Å². The van der Waals surface area contributed by atoms with Crippen LogP contribution in [0.3, 0.4) is 0 Å². The van der Waals surface area contributed by atoms with Gasteiger partial charge >= 0.3 is 0 Å². The topological polar surface area (TPSA) is 3.24 Å². The van der Waals surface area contributed by atoms with Crippen LogP contribution >= 0.6 is 0 Å². The van der Waals surface area contributed by atoms with Gasteiger partial charge in [-0.3, -0.25) is 4.90 Å². The number of hydrogen-bond acceptors (Lipinski definition) is 1. The van der Waals surface area contributed by atoms with E-state index in [-0.39, 0.29) is 0 Å². The van der Waals surface area contributed by atoms with Gasteiger partial charge in [0.2, 0.25) is 0 Å². The summed E-state index contributed by atoms with van der Waals surface area (Å²) in [6.45, 7) is 8.89. The summed E-state index contributed by atoms with van der Waals surface area (Å²) in [6, 6.07) is 0. The molecular weight excluding hydrogens is 134 g/mol. The Morgan fingerprint density at radius 1 is 1.64 bits per heavy atom. The van der Waals surface area contributed by atoms with Crippen molar-refractivity contribution >= 4 is 0 Å². The van der Waals surface area contributed by atoms with Gasteiger partial charge in [0.15, 0.2) is 0 Å². The maximum Gasteiger partial charge on any atom is 0.0248 e. The molecule has 2 saturated heterocycles. The number of nitrogens with zero attached hydrogens (tertiary/aromatic N) is 1. The molecule has 0 N–H and O–H groups in total. The van der Waals surface area contributed by atoms with E-state index in [1.165, 1.54) is 44.3 Å². The van der Waals surface area contributed by atoms with Gasteiger partial charge in [-0.1, -0.05) is 19.1 Å². The van der Waals surface area contributed by atoms with Gasteiger partial charge < -0.3 is 0 Å². The summed E-state index contributed by atoms with van der Waals surface area (Å²) in [5, 5.41) is 0. The molecule has 0 aromatic carbocycles. The van der Waals surface area contributed by atoms with E-state index in [2.05, 4.69) is 18.4 Å². The van der Waals surface area contributed by atoms with Crippen molar-refractivity contribution in [2.75, 3.05) is 13.1 Å². The molecule has 0 spiro atoms. The number of fused-ring (bicyclic) bond motifs is 1. The van der Waals surface area contributed by atoms with Gasteiger partial charge in [-0.2, -0.15) is 0 Å². The highest BCUT2D eigenvalue weighted by Gasteiger charge is 2.43. The average molecular weight is 151 g/mol. The van der Waals surface area contributed by atoms with Crippen LogP contribution in [0.15, 0.2) is 12.2 Å². The fourth-order valence-corrected chi connectivity index (χ4v) is 2.76. The summed E-state index contributed by atoms with van der Waals surface area (Å²) < 4.78 is 0. The largest absolute Gasteiger partial charge is 0.293 e. The van der Waals surface area contributed by atoms with Crippen molar-refractivity contribution < 1.29 is 0 Å². The molecule has 0 unspecified atom stereocenters. The van der Waals surface area contributed by atoms with Gasteiger partial charge in [-0.15, -0.1) is 0 Å². The Bertz CT molecular complexity index is 185. The Balaban J connectivity index is 2.21. The third-order valence-corrected chi connectivity index (χ3v) is 3.39. The van der Waals surface area contributed by atoms with Gasteiger partial charge in [0.05, 0.1) is 0 Å². The SMILES string of the molecule is C=C1CN2CCC[C@]2(CC)C1. The predicted octanol–water partition coefficient (Wildman–Crippen LogP) is 2.19. The van der Waals surface area contributed by atoms with Crippen molar-refractivity contribution in [3.8, 4) is 0 Å². The molecule has 0 bridgehead atoms. The Hall–Kier alpha value is -0.300. The molecule has 2 rings (SSSR count). The summed E-state index contributed by atoms with van der Waals surface area (Å²) in [4.78, 5) is 2.63. The van der Waals surface area contributed by atoms with Gasteiger partial charge in [-0.25, -0.2) is 0 Å². The van der Waals surface area contributed by atoms with Crippen LogP contribution < -0.4 is 0 Å². The first-order valence-electron chi connectivity index (χ1n) is 4.68. The molecule has 0 saturated carbocycles. The van der Waals surface area contributed by atoms with E-state index in [9.17, 15) is 0 Å². The first-order chi connectivity index (χ1) is 5.27. The average Bonchev–Trinajstić information content (AvgIpc) is 2.43. The van der Waals surface area contributed by atoms with E-state index in [1.54, 1.807) is 0 Å². The van der Waals surface area contributed by atoms with Crippen molar-refractivity contribution in [1.82, 2.24) is 4.90 Å². The Kier molecular flexibility index (Phi) is 1.57. The van der Waals surface area contributed by atoms with Gasteiger partial charge in [0, 0.05) is 12.1 Å². The van der Waals surface area contributed by atoms with Crippen molar-refractivity contribution in [1.29, 1.82) is 0 Å². The van der Waals surface area contributed by atoms with Crippen LogP contribution in [0.5, 0.6) is 0 Å². The van der Waals surface area contributed by atoms with Crippen molar-refractivity contribution in [2.24, 2.45) is 0 Å². The van der Waals surface area contributed by atoms with Crippen LogP contribution in [0, 0.1) is 0 Å². The second-order valence-corrected chi connectivity index (χ2v) is 4.03. The molecule has 11 heavy (non-hydrogen) atoms. The minimum absolute atomic E-state index is 0.553. The van der Waals surface area contributed by atoms with Crippen LogP contribution in [0.1, 0.15) is 32.6 Å². The summed E-state index contributed by atoms with van der Waals surface area (Å²) in [6.07, 6.45) is 5.39. The van der Waals surface area contributed by atoms with E-state index >= 15 is 0 Å². The van der Waals surface area contributed by atoms with E-state index in [0.717, 1.165) is 0 Å². The lowest BCUT2D eigenvalue weighted by atomic mass is 9.90. The summed E-state index contributed by atoms with van der Waals surface area (Å²) in [5.74, 6) is 0. The smallest absolute Gasteiger partial charge is 0.0248 e. The normalized spacial score (nSPS) is 38.1. The fourth-order valence-electron chi connectivity index (χ4n) is 2.76. The van der Waals surface area contributed by atoms with Gasteiger partial charge in [0.25, 0.3) is 0 Å². The molecule has 2 aliphatic rings.